The van der Waals surface area contributed by atoms with E-state index in [4.69, 9.17) is 4.74 Å². The molecule has 1 aliphatic heterocycles. The maximum Gasteiger partial charge on any atom is 0.304 e. The first-order valence-electron chi connectivity index (χ1n) is 8.34. The fourth-order valence-electron chi connectivity index (χ4n) is 2.57. The molecule has 1 fully saturated rings. The van der Waals surface area contributed by atoms with Crippen molar-refractivity contribution in [1.82, 2.24) is 9.62 Å². The highest BCUT2D eigenvalue weighted by atomic mass is 32.2. The number of morpholine rings is 1. The molecule has 140 valence electrons. The molecular formula is C16H27N4O4S+. The summed E-state index contributed by atoms with van der Waals surface area (Å²) in [7, 11) is -0.850. The van der Waals surface area contributed by atoms with Crippen molar-refractivity contribution in [2.75, 3.05) is 64.3 Å². The van der Waals surface area contributed by atoms with Crippen LogP contribution in [0.15, 0.2) is 30.3 Å². The van der Waals surface area contributed by atoms with E-state index >= 15 is 0 Å². The van der Waals surface area contributed by atoms with Crippen LogP contribution in [0.3, 0.4) is 0 Å². The number of hydrogen-bond acceptors (Lipinski definition) is 4. The van der Waals surface area contributed by atoms with E-state index in [1.807, 2.05) is 0 Å². The molecule has 0 unspecified atom stereocenters. The van der Waals surface area contributed by atoms with Gasteiger partial charge in [-0.25, -0.2) is 4.31 Å². The first-order chi connectivity index (χ1) is 11.9. The molecule has 0 aromatic heterocycles. The Hall–Kier alpha value is -1.68. The van der Waals surface area contributed by atoms with Crippen LogP contribution in [0.4, 0.5) is 5.69 Å². The monoisotopic (exact) mass is 371 g/mol. The molecule has 0 saturated carbocycles. The van der Waals surface area contributed by atoms with Gasteiger partial charge in [-0.1, -0.05) is 18.2 Å². The van der Waals surface area contributed by atoms with Crippen molar-refractivity contribution in [3.05, 3.63) is 30.3 Å². The van der Waals surface area contributed by atoms with Crippen molar-refractivity contribution in [1.29, 1.82) is 0 Å². The van der Waals surface area contributed by atoms with Gasteiger partial charge in [-0.15, -0.1) is 0 Å². The van der Waals surface area contributed by atoms with Gasteiger partial charge in [0.15, 0.2) is 0 Å². The zero-order valence-electron chi connectivity index (χ0n) is 14.8. The highest BCUT2D eigenvalue weighted by Gasteiger charge is 2.27. The van der Waals surface area contributed by atoms with Gasteiger partial charge in [-0.2, -0.15) is 12.7 Å². The normalized spacial score (nSPS) is 16.0. The Morgan fingerprint density at radius 1 is 1.20 bits per heavy atom. The lowest BCUT2D eigenvalue weighted by Crippen LogP contribution is -3.14. The van der Waals surface area contributed by atoms with Crippen molar-refractivity contribution in [3.8, 4) is 0 Å². The van der Waals surface area contributed by atoms with Crippen molar-refractivity contribution in [3.63, 3.8) is 0 Å². The Morgan fingerprint density at radius 2 is 1.84 bits per heavy atom. The SMILES string of the molecule is CN(C)S(=O)(=O)N(CC(=O)NCC[NH+]1CCOCC1)c1ccccc1. The van der Waals surface area contributed by atoms with Gasteiger partial charge in [0, 0.05) is 14.1 Å². The molecule has 0 radical (unpaired) electrons. The van der Waals surface area contributed by atoms with Gasteiger partial charge in [0.1, 0.15) is 19.6 Å². The smallest absolute Gasteiger partial charge is 0.304 e. The topological polar surface area (TPSA) is 83.4 Å². The summed E-state index contributed by atoms with van der Waals surface area (Å²) < 4.78 is 32.6. The van der Waals surface area contributed by atoms with Crippen molar-refractivity contribution in [2.45, 2.75) is 0 Å². The maximum absolute atomic E-state index is 12.5. The highest BCUT2D eigenvalue weighted by Crippen LogP contribution is 2.18. The fourth-order valence-corrected chi connectivity index (χ4v) is 3.64. The van der Waals surface area contributed by atoms with Gasteiger partial charge in [0.05, 0.1) is 32.0 Å². The Morgan fingerprint density at radius 3 is 2.44 bits per heavy atom. The Labute approximate surface area is 149 Å². The number of benzene rings is 1. The second-order valence-electron chi connectivity index (χ2n) is 6.09. The third kappa shape index (κ3) is 5.67. The second-order valence-corrected chi connectivity index (χ2v) is 8.16. The fraction of sp³-hybridized carbons (Fsp3) is 0.562. The number of rotatable bonds is 8. The molecule has 1 amide bonds. The summed E-state index contributed by atoms with van der Waals surface area (Å²) >= 11 is 0. The first-order valence-corrected chi connectivity index (χ1v) is 9.74. The maximum atomic E-state index is 12.5. The Kier molecular flexibility index (Phi) is 7.18. The van der Waals surface area contributed by atoms with Crippen molar-refractivity contribution in [2.24, 2.45) is 0 Å². The largest absolute Gasteiger partial charge is 0.370 e. The molecule has 0 atom stereocenters. The molecule has 25 heavy (non-hydrogen) atoms. The number of carbonyl (C=O) groups excluding carboxylic acids is 1. The average molecular weight is 371 g/mol. The van der Waals surface area contributed by atoms with E-state index in [2.05, 4.69) is 5.32 Å². The summed E-state index contributed by atoms with van der Waals surface area (Å²) in [5.41, 5.74) is 0.463. The molecule has 1 aromatic rings. The second kappa shape index (κ2) is 9.14. The van der Waals surface area contributed by atoms with Gasteiger partial charge in [0.25, 0.3) is 0 Å². The minimum absolute atomic E-state index is 0.247. The molecule has 0 spiro atoms. The minimum atomic E-state index is -3.75. The van der Waals surface area contributed by atoms with Crippen LogP contribution in [-0.4, -0.2) is 78.7 Å². The van der Waals surface area contributed by atoms with Crippen molar-refractivity contribution >= 4 is 21.8 Å². The number of para-hydroxylation sites is 1. The summed E-state index contributed by atoms with van der Waals surface area (Å²) in [6, 6.07) is 8.63. The van der Waals surface area contributed by atoms with Gasteiger partial charge in [-0.3, -0.25) is 4.79 Å². The predicted molar refractivity (Wildman–Crippen MR) is 95.8 cm³/mol. The van der Waals surface area contributed by atoms with E-state index in [0.717, 1.165) is 41.5 Å². The number of carbonyl (C=O) groups is 1. The number of hydrogen-bond donors (Lipinski definition) is 2. The van der Waals surface area contributed by atoms with E-state index in [0.29, 0.717) is 12.2 Å². The first kappa shape index (κ1) is 19.6. The molecule has 1 saturated heterocycles. The molecule has 1 aromatic carbocycles. The van der Waals surface area contributed by atoms with E-state index in [9.17, 15) is 13.2 Å². The predicted octanol–water partition coefficient (Wildman–Crippen LogP) is -1.67. The molecule has 2 N–H and O–H groups in total. The summed E-state index contributed by atoms with van der Waals surface area (Å²) in [5.74, 6) is -0.318. The molecular weight excluding hydrogens is 344 g/mol. The third-order valence-electron chi connectivity index (χ3n) is 4.07. The lowest BCUT2D eigenvalue weighted by molar-refractivity contribution is -0.906. The van der Waals surface area contributed by atoms with Crippen LogP contribution >= 0.6 is 0 Å². The van der Waals surface area contributed by atoms with Crippen LogP contribution in [0, 0.1) is 0 Å². The van der Waals surface area contributed by atoms with Crippen LogP contribution in [0.1, 0.15) is 0 Å². The number of nitrogens with zero attached hydrogens (tertiary/aromatic N) is 2. The van der Waals surface area contributed by atoms with E-state index < -0.39 is 10.2 Å². The number of amides is 1. The lowest BCUT2D eigenvalue weighted by Gasteiger charge is -2.27. The molecule has 1 heterocycles. The molecule has 9 heteroatoms. The van der Waals surface area contributed by atoms with Crippen LogP contribution in [0.2, 0.25) is 0 Å². The van der Waals surface area contributed by atoms with Gasteiger partial charge < -0.3 is 15.0 Å². The van der Waals surface area contributed by atoms with E-state index in [1.54, 1.807) is 30.3 Å². The van der Waals surface area contributed by atoms with Crippen LogP contribution in [0.5, 0.6) is 0 Å². The van der Waals surface area contributed by atoms with Gasteiger partial charge in [0.2, 0.25) is 5.91 Å². The molecule has 2 rings (SSSR count). The van der Waals surface area contributed by atoms with Crippen LogP contribution < -0.4 is 14.5 Å². The molecule has 0 bridgehead atoms. The van der Waals surface area contributed by atoms with Crippen LogP contribution in [0.25, 0.3) is 0 Å². The quantitative estimate of drug-likeness (QED) is 0.573. The standard InChI is InChI=1S/C16H26N4O4S/c1-18(2)25(22,23)20(15-6-4-3-5-7-15)14-16(21)17-8-9-19-10-12-24-13-11-19/h3-7H,8-14H2,1-2H3,(H,17,21)/p+1. The average Bonchev–Trinajstić information content (AvgIpc) is 2.61. The van der Waals surface area contributed by atoms with Crippen LogP contribution in [-0.2, 0) is 19.7 Å². The zero-order chi connectivity index (χ0) is 18.3. The summed E-state index contributed by atoms with van der Waals surface area (Å²) in [6.45, 7) is 4.42. The Balaban J connectivity index is 1.95. The highest BCUT2D eigenvalue weighted by molar-refractivity contribution is 7.90. The molecule has 1 aliphatic rings. The lowest BCUT2D eigenvalue weighted by atomic mass is 10.3. The summed E-state index contributed by atoms with van der Waals surface area (Å²) in [4.78, 5) is 13.6. The van der Waals surface area contributed by atoms with Gasteiger partial charge in [-0.05, 0) is 12.1 Å². The number of nitrogens with one attached hydrogen (secondary N) is 2. The summed E-state index contributed by atoms with van der Waals surface area (Å²) in [6.07, 6.45) is 0. The molecule has 8 nitrogen and oxygen atoms in total. The molecule has 0 aliphatic carbocycles. The Bertz CT molecular complexity index is 645. The van der Waals surface area contributed by atoms with Crippen molar-refractivity contribution < 1.29 is 22.8 Å². The number of anilines is 1. The minimum Gasteiger partial charge on any atom is -0.370 e. The van der Waals surface area contributed by atoms with Gasteiger partial charge >= 0.3 is 10.2 Å². The van der Waals surface area contributed by atoms with E-state index in [1.165, 1.54) is 19.0 Å². The number of quaternary nitrogens is 1. The number of ether oxygens (including phenoxy) is 1. The third-order valence-corrected chi connectivity index (χ3v) is 5.89. The van der Waals surface area contributed by atoms with E-state index in [-0.39, 0.29) is 12.5 Å². The summed E-state index contributed by atoms with van der Waals surface area (Å²) in [5, 5.41) is 2.82. The zero-order valence-corrected chi connectivity index (χ0v) is 15.6.